The first-order valence-electron chi connectivity index (χ1n) is 10.4. The van der Waals surface area contributed by atoms with Crippen LogP contribution in [0.25, 0.3) is 10.2 Å². The highest BCUT2D eigenvalue weighted by atomic mass is 32.1. The molecule has 0 aliphatic carbocycles. The molecule has 0 saturated carbocycles. The van der Waals surface area contributed by atoms with Gasteiger partial charge in [-0.15, -0.1) is 11.3 Å². The van der Waals surface area contributed by atoms with Gasteiger partial charge in [0.2, 0.25) is 5.88 Å². The van der Waals surface area contributed by atoms with E-state index in [4.69, 9.17) is 4.74 Å². The number of halogens is 3. The first-order chi connectivity index (χ1) is 15.3. The number of rotatable bonds is 5. The fourth-order valence-corrected chi connectivity index (χ4v) is 4.78. The Morgan fingerprint density at radius 3 is 2.69 bits per heavy atom. The molecule has 170 valence electrons. The molecule has 1 aliphatic heterocycles. The van der Waals surface area contributed by atoms with Crippen LogP contribution in [0, 0.1) is 0 Å². The highest BCUT2D eigenvalue weighted by Gasteiger charge is 2.36. The van der Waals surface area contributed by atoms with Crippen LogP contribution in [0.4, 0.5) is 19.0 Å². The lowest BCUT2D eigenvalue weighted by Gasteiger charge is -2.33. The Morgan fingerprint density at radius 1 is 1.28 bits per heavy atom. The Kier molecular flexibility index (Phi) is 6.23. The Hall–Kier alpha value is -2.88. The Morgan fingerprint density at radius 2 is 2.03 bits per heavy atom. The van der Waals surface area contributed by atoms with Crippen molar-refractivity contribution in [3.63, 3.8) is 0 Å². The fraction of sp³-hybridized carbons (Fsp3) is 0.409. The second-order valence-corrected chi connectivity index (χ2v) is 8.44. The summed E-state index contributed by atoms with van der Waals surface area (Å²) < 4.78 is 47.2. The second-order valence-electron chi connectivity index (χ2n) is 7.56. The van der Waals surface area contributed by atoms with Crippen molar-refractivity contribution in [3.8, 4) is 5.88 Å². The summed E-state index contributed by atoms with van der Waals surface area (Å²) in [6.07, 6.45) is -2.54. The molecule has 4 rings (SSSR count). The summed E-state index contributed by atoms with van der Waals surface area (Å²) in [5.74, 6) is 0.330. The highest BCUT2D eigenvalue weighted by molar-refractivity contribution is 7.17. The molecule has 0 unspecified atom stereocenters. The number of fused-ring (bicyclic) bond motifs is 1. The van der Waals surface area contributed by atoms with Crippen LogP contribution >= 0.6 is 11.3 Å². The number of anilines is 1. The quantitative estimate of drug-likeness (QED) is 0.594. The molecule has 1 N–H and O–H groups in total. The molecule has 1 fully saturated rings. The highest BCUT2D eigenvalue weighted by Crippen LogP contribution is 2.40. The summed E-state index contributed by atoms with van der Waals surface area (Å²) in [6.45, 7) is 3.01. The number of thiophene rings is 1. The van der Waals surface area contributed by atoms with Gasteiger partial charge in [-0.1, -0.05) is 13.0 Å². The maximum Gasteiger partial charge on any atom is 0.417 e. The average molecular weight is 465 g/mol. The molecule has 0 bridgehead atoms. The minimum atomic E-state index is -4.54. The van der Waals surface area contributed by atoms with E-state index in [2.05, 4.69) is 15.3 Å². The maximum absolute atomic E-state index is 13.8. The van der Waals surface area contributed by atoms with Crippen LogP contribution in [-0.2, 0) is 12.6 Å². The van der Waals surface area contributed by atoms with Gasteiger partial charge in [-0.25, -0.2) is 9.97 Å². The van der Waals surface area contributed by atoms with Gasteiger partial charge in [-0.05, 0) is 18.6 Å². The van der Waals surface area contributed by atoms with Crippen LogP contribution in [0.3, 0.4) is 0 Å². The van der Waals surface area contributed by atoms with Gasteiger partial charge >= 0.3 is 6.18 Å². The van der Waals surface area contributed by atoms with Crippen molar-refractivity contribution in [2.24, 2.45) is 0 Å². The number of hydrogen-bond acceptors (Lipinski definition) is 6. The van der Waals surface area contributed by atoms with Gasteiger partial charge in [0.1, 0.15) is 11.9 Å². The maximum atomic E-state index is 13.8. The molecule has 0 atom stereocenters. The summed E-state index contributed by atoms with van der Waals surface area (Å²) in [5.41, 5.74) is 0.412. The van der Waals surface area contributed by atoms with Crippen LogP contribution in [0.15, 0.2) is 29.6 Å². The first kappa shape index (κ1) is 22.3. The van der Waals surface area contributed by atoms with E-state index < -0.39 is 17.6 Å². The smallest absolute Gasteiger partial charge is 0.417 e. The summed E-state index contributed by atoms with van der Waals surface area (Å²) in [7, 11) is 1.44. The summed E-state index contributed by atoms with van der Waals surface area (Å²) >= 11 is 0.882. The number of pyridine rings is 2. The van der Waals surface area contributed by atoms with Gasteiger partial charge in [0.25, 0.3) is 5.91 Å². The number of amides is 1. The third-order valence-electron chi connectivity index (χ3n) is 5.48. The van der Waals surface area contributed by atoms with E-state index in [1.165, 1.54) is 12.4 Å². The monoisotopic (exact) mass is 464 g/mol. The van der Waals surface area contributed by atoms with Gasteiger partial charge < -0.3 is 15.0 Å². The molecule has 3 aromatic heterocycles. The van der Waals surface area contributed by atoms with Crippen molar-refractivity contribution in [1.29, 1.82) is 0 Å². The van der Waals surface area contributed by atoms with Crippen LogP contribution < -0.4 is 15.0 Å². The van der Waals surface area contributed by atoms with E-state index >= 15 is 0 Å². The molecule has 4 heterocycles. The normalized spacial score (nSPS) is 15.2. The standard InChI is InChI=1S/C22H23F3N4O2S/c1-3-13-5-4-6-18(27-13)31-14-7-9-29(10-8-14)17-11-16(22(23,24)25)20-19(28-17)15(12-32-20)21(30)26-2/h4-6,11-12,14H,3,7-10H2,1-2H3,(H,26,30). The SMILES string of the molecule is CCc1cccc(OC2CCN(c3cc(C(F)(F)F)c4scc(C(=O)NC)c4n3)CC2)n1. The zero-order chi connectivity index (χ0) is 22.9. The number of carbonyl (C=O) groups is 1. The van der Waals surface area contributed by atoms with Gasteiger partial charge in [-0.2, -0.15) is 13.2 Å². The molecule has 1 saturated heterocycles. The molecule has 10 heteroatoms. The lowest BCUT2D eigenvalue weighted by Crippen LogP contribution is -2.39. The predicted octanol–water partition coefficient (Wildman–Crippen LogP) is 4.68. The molecule has 0 spiro atoms. The Labute approximate surface area is 187 Å². The van der Waals surface area contributed by atoms with Gasteiger partial charge in [0.15, 0.2) is 0 Å². The number of nitrogens with one attached hydrogen (secondary N) is 1. The first-order valence-corrected chi connectivity index (χ1v) is 11.3. The predicted molar refractivity (Wildman–Crippen MR) is 117 cm³/mol. The van der Waals surface area contributed by atoms with Crippen molar-refractivity contribution in [2.75, 3.05) is 25.0 Å². The molecular formula is C22H23F3N4O2S. The number of alkyl halides is 3. The minimum absolute atomic E-state index is 0.0278. The van der Waals surface area contributed by atoms with Crippen molar-refractivity contribution in [1.82, 2.24) is 15.3 Å². The molecule has 1 amide bonds. The molecular weight excluding hydrogens is 441 g/mol. The van der Waals surface area contributed by atoms with Crippen LogP contribution in [0.1, 0.15) is 41.4 Å². The van der Waals surface area contributed by atoms with Crippen molar-refractivity contribution < 1.29 is 22.7 Å². The topological polar surface area (TPSA) is 67.3 Å². The van der Waals surface area contributed by atoms with Crippen molar-refractivity contribution in [2.45, 2.75) is 38.5 Å². The van der Waals surface area contributed by atoms with Gasteiger partial charge in [-0.3, -0.25) is 4.79 Å². The van der Waals surface area contributed by atoms with Crippen molar-refractivity contribution in [3.05, 3.63) is 46.5 Å². The summed E-state index contributed by atoms with van der Waals surface area (Å²) in [5, 5.41) is 3.89. The van der Waals surface area contributed by atoms with E-state index in [1.807, 2.05) is 30.0 Å². The molecule has 1 aliphatic rings. The zero-order valence-corrected chi connectivity index (χ0v) is 18.5. The van der Waals surface area contributed by atoms with E-state index in [-0.39, 0.29) is 27.7 Å². The fourth-order valence-electron chi connectivity index (χ4n) is 3.76. The molecule has 0 aromatic carbocycles. The van der Waals surface area contributed by atoms with Gasteiger partial charge in [0.05, 0.1) is 21.3 Å². The molecule has 6 nitrogen and oxygen atoms in total. The molecule has 3 aromatic rings. The van der Waals surface area contributed by atoms with E-state index in [0.29, 0.717) is 31.8 Å². The summed E-state index contributed by atoms with van der Waals surface area (Å²) in [6, 6.07) is 6.74. The lowest BCUT2D eigenvalue weighted by molar-refractivity contribution is -0.136. The average Bonchev–Trinajstić information content (AvgIpc) is 3.22. The zero-order valence-electron chi connectivity index (χ0n) is 17.7. The third-order valence-corrected chi connectivity index (χ3v) is 6.49. The lowest BCUT2D eigenvalue weighted by atomic mass is 10.1. The number of hydrogen-bond donors (Lipinski definition) is 1. The number of aryl methyl sites for hydroxylation is 1. The van der Waals surface area contributed by atoms with Crippen molar-refractivity contribution >= 4 is 33.3 Å². The molecule has 32 heavy (non-hydrogen) atoms. The van der Waals surface area contributed by atoms with E-state index in [9.17, 15) is 18.0 Å². The molecule has 0 radical (unpaired) electrons. The minimum Gasteiger partial charge on any atom is -0.474 e. The van der Waals surface area contributed by atoms with Crippen LogP contribution in [-0.4, -0.2) is 42.1 Å². The Balaban J connectivity index is 1.56. The second kappa shape index (κ2) is 8.93. The largest absolute Gasteiger partial charge is 0.474 e. The number of nitrogens with zero attached hydrogens (tertiary/aromatic N) is 3. The summed E-state index contributed by atoms with van der Waals surface area (Å²) in [4.78, 5) is 22.9. The van der Waals surface area contributed by atoms with E-state index in [0.717, 1.165) is 29.5 Å². The van der Waals surface area contributed by atoms with Crippen LogP contribution in [0.5, 0.6) is 5.88 Å². The third kappa shape index (κ3) is 4.50. The number of ether oxygens (including phenoxy) is 1. The Bertz CT molecular complexity index is 1120. The van der Waals surface area contributed by atoms with Gasteiger partial charge in [0, 0.05) is 50.1 Å². The number of carbonyl (C=O) groups excluding carboxylic acids is 1. The number of aromatic nitrogens is 2. The number of piperidine rings is 1. The van der Waals surface area contributed by atoms with Crippen LogP contribution in [0.2, 0.25) is 0 Å². The van der Waals surface area contributed by atoms with E-state index in [1.54, 1.807) is 0 Å².